The van der Waals surface area contributed by atoms with Gasteiger partial charge in [0.15, 0.2) is 0 Å². The van der Waals surface area contributed by atoms with Crippen LogP contribution < -0.4 is 4.74 Å². The average molecular weight is 855 g/mol. The average Bonchev–Trinajstić information content (AvgIpc) is 2.78. The van der Waals surface area contributed by atoms with Crippen LogP contribution in [0, 0.1) is 0 Å². The second-order valence-corrected chi connectivity index (χ2v) is 13.9. The van der Waals surface area contributed by atoms with E-state index in [-0.39, 0.29) is 0 Å². The minimum Gasteiger partial charge on any atom is -0.497 e. The number of rotatable bonds is 3. The van der Waals surface area contributed by atoms with Crippen molar-refractivity contribution in [2.75, 3.05) is 13.7 Å². The molecule has 0 fully saturated rings. The van der Waals surface area contributed by atoms with Crippen LogP contribution in [0.3, 0.4) is 0 Å². The van der Waals surface area contributed by atoms with Crippen molar-refractivity contribution in [3.8, 4) is 5.75 Å². The number of nitrogens with zero attached hydrogens (tertiary/aromatic N) is 1. The van der Waals surface area contributed by atoms with Gasteiger partial charge in [0.05, 0.1) is 7.11 Å². The minimum absolute atomic E-state index is 0.923. The molecule has 0 bridgehead atoms. The van der Waals surface area contributed by atoms with E-state index in [1.54, 1.807) is 18.3 Å². The smallest absolute Gasteiger partial charge is 0.497 e. The highest BCUT2D eigenvalue weighted by Gasteiger charge is 2.20. The largest absolute Gasteiger partial charge is 0.507 e. The molecule has 0 amide bonds. The third-order valence-corrected chi connectivity index (χ3v) is 4.18. The number of hydrogen-bond donors (Lipinski definition) is 12. The van der Waals surface area contributed by atoms with E-state index in [1.165, 1.54) is 43.4 Å². The Morgan fingerprint density at radius 2 is 0.878 bits per heavy atom. The third-order valence-electron chi connectivity index (χ3n) is 4.18. The molecule has 0 saturated carbocycles. The van der Waals surface area contributed by atoms with Gasteiger partial charge in [0.2, 0.25) is 0 Å². The van der Waals surface area contributed by atoms with Crippen LogP contribution in [0.5, 0.6) is 5.75 Å². The van der Waals surface area contributed by atoms with Crippen molar-refractivity contribution in [2.24, 2.45) is 4.99 Å². The molecule has 12 N–H and O–H groups in total. The first-order valence-corrected chi connectivity index (χ1v) is 20.8. The molecule has 1 aliphatic heterocycles. The van der Waals surface area contributed by atoms with Crippen molar-refractivity contribution < 1.29 is 116 Å². The number of allylic oxidation sites excluding steroid dienone is 1. The normalized spacial score (nSPS) is 14.6. The summed E-state index contributed by atoms with van der Waals surface area (Å²) >= 11 is 0. The second-order valence-electron chi connectivity index (χ2n) is 8.23. The molecule has 0 atom stereocenters. The van der Waals surface area contributed by atoms with Crippen LogP contribution in [0.4, 0.5) is 25.2 Å². The molecule has 2 aliphatic rings. The maximum Gasteiger partial charge on any atom is 0.507 e. The zero-order valence-corrected chi connectivity index (χ0v) is 29.7. The highest BCUT2D eigenvalue weighted by Crippen LogP contribution is 2.37. The van der Waals surface area contributed by atoms with Gasteiger partial charge in [-0.25, -0.2) is 27.4 Å². The number of aliphatic imine (C=N–C) groups is 1. The zero-order valence-electron chi connectivity index (χ0n) is 24.4. The molecule has 292 valence electrons. The SMILES string of the molecule is COc1ccc(CC2=NCCC3=C2CCCC3)cc1.O=P(O)(O)F.O=P(O)(O)F.O=P(O)(O)F.O=P(O)(O)F.O=P(O)(O)F.O=P(O)(O)F. The summed E-state index contributed by atoms with van der Waals surface area (Å²) in [6.07, 6.45) is 7.42. The number of ether oxygens (including phenoxy) is 1. The molecule has 0 spiro atoms. The summed E-state index contributed by atoms with van der Waals surface area (Å²) in [6.45, 7) is 0.990. The Bertz CT molecular complexity index is 1240. The van der Waals surface area contributed by atoms with Crippen molar-refractivity contribution in [2.45, 2.75) is 38.5 Å². The summed E-state index contributed by atoms with van der Waals surface area (Å²) in [5.41, 5.74) is 5.93. The molecule has 1 aromatic carbocycles. The summed E-state index contributed by atoms with van der Waals surface area (Å²) in [5.74, 6) is 0.923. The topological polar surface area (TPSA) is 367 Å². The van der Waals surface area contributed by atoms with E-state index in [0.29, 0.717) is 0 Å². The van der Waals surface area contributed by atoms with Gasteiger partial charge in [-0.2, -0.15) is 0 Å². The van der Waals surface area contributed by atoms with Crippen molar-refractivity contribution >= 4 is 53.2 Å². The predicted octanol–water partition coefficient (Wildman–Crippen LogP) is 4.24. The minimum atomic E-state index is -5.14. The van der Waals surface area contributed by atoms with Crippen LogP contribution in [0.15, 0.2) is 40.4 Å². The number of methoxy groups -OCH3 is 1. The van der Waals surface area contributed by atoms with Crippen molar-refractivity contribution in [1.82, 2.24) is 0 Å². The van der Waals surface area contributed by atoms with E-state index in [1.807, 2.05) is 12.1 Å². The number of benzene rings is 1. The Kier molecular flexibility index (Phi) is 27.9. The van der Waals surface area contributed by atoms with Gasteiger partial charge in [-0.3, -0.25) is 63.7 Å². The molecule has 0 aromatic heterocycles. The van der Waals surface area contributed by atoms with Crippen molar-refractivity contribution in [3.05, 3.63) is 41.0 Å². The van der Waals surface area contributed by atoms with Gasteiger partial charge in [-0.05, 0) is 55.4 Å². The molecule has 0 unspecified atom stereocenters. The fourth-order valence-corrected chi connectivity index (χ4v) is 3.11. The van der Waals surface area contributed by atoms with Crippen LogP contribution in [0.1, 0.15) is 37.7 Å². The lowest BCUT2D eigenvalue weighted by molar-refractivity contribution is 0.320. The highest BCUT2D eigenvalue weighted by atomic mass is 31.2. The first-order chi connectivity index (χ1) is 21.4. The Labute approximate surface area is 273 Å². The lowest BCUT2D eigenvalue weighted by Crippen LogP contribution is -2.18. The lowest BCUT2D eigenvalue weighted by Gasteiger charge is -2.25. The molecule has 0 saturated heterocycles. The van der Waals surface area contributed by atoms with Crippen LogP contribution in [-0.4, -0.2) is 78.1 Å². The molecule has 3 rings (SSSR count). The first-order valence-electron chi connectivity index (χ1n) is 11.8. The van der Waals surface area contributed by atoms with Crippen molar-refractivity contribution in [3.63, 3.8) is 0 Å². The van der Waals surface area contributed by atoms with Gasteiger partial charge in [0.25, 0.3) is 0 Å². The van der Waals surface area contributed by atoms with E-state index in [0.717, 1.165) is 18.7 Å². The van der Waals surface area contributed by atoms with E-state index in [2.05, 4.69) is 12.1 Å². The van der Waals surface area contributed by atoms with E-state index in [4.69, 9.17) is 95.8 Å². The number of dihydropyridines is 1. The predicted molar refractivity (Wildman–Crippen MR) is 158 cm³/mol. The van der Waals surface area contributed by atoms with Crippen molar-refractivity contribution in [1.29, 1.82) is 0 Å². The van der Waals surface area contributed by atoms with Gasteiger partial charge in [-0.1, -0.05) is 17.7 Å². The fraction of sp³-hybridized carbons (Fsp3) is 0.471. The standard InChI is InChI=1S/C17H21NO.6FH2O3P/c1-19-15-8-6-13(7-9-15)12-17-16-5-3-2-4-14(16)10-11-18-17;6*1-5(2,3)4/h6-9H,2-5,10-12H2,1H3;6*(H2,2,3,4). The fourth-order valence-electron chi connectivity index (χ4n) is 3.11. The van der Waals surface area contributed by atoms with Gasteiger partial charge >= 0.3 is 47.4 Å². The molecule has 1 aromatic rings. The summed E-state index contributed by atoms with van der Waals surface area (Å²) < 4.78 is 119. The molecule has 1 heterocycles. The Hall–Kier alpha value is -1.09. The zero-order chi connectivity index (χ0) is 40.1. The van der Waals surface area contributed by atoms with Crippen LogP contribution in [0.2, 0.25) is 0 Å². The Morgan fingerprint density at radius 3 is 1.18 bits per heavy atom. The van der Waals surface area contributed by atoms with Crippen LogP contribution in [-0.2, 0) is 33.8 Å². The quantitative estimate of drug-likeness (QED) is 0.149. The maximum atomic E-state index is 10.4. The van der Waals surface area contributed by atoms with E-state index < -0.39 is 47.4 Å². The third kappa shape index (κ3) is 73.4. The maximum absolute atomic E-state index is 10.4. The molecule has 0 radical (unpaired) electrons. The summed E-state index contributed by atoms with van der Waals surface area (Å²) in [7, 11) is -29.1. The van der Waals surface area contributed by atoms with Gasteiger partial charge in [0.1, 0.15) is 5.75 Å². The number of halogens is 6. The highest BCUT2D eigenvalue weighted by molar-refractivity contribution is 7.46. The molecule has 1 aliphatic carbocycles. The molecule has 20 nitrogen and oxygen atoms in total. The summed E-state index contributed by atoms with van der Waals surface area (Å²) in [5, 5.41) is 0. The van der Waals surface area contributed by atoms with Gasteiger partial charge in [-0.15, -0.1) is 25.2 Å². The second kappa shape index (κ2) is 25.0. The lowest BCUT2D eigenvalue weighted by atomic mass is 9.84. The first kappa shape index (κ1) is 54.7. The molecular formula is C17H33F6NO19P6. The van der Waals surface area contributed by atoms with Crippen LogP contribution >= 0.6 is 47.4 Å². The Balaban J connectivity index is -0.000000280. The summed E-state index contributed by atoms with van der Waals surface area (Å²) in [4.78, 5) is 88.4. The Morgan fingerprint density at radius 1 is 0.571 bits per heavy atom. The molecule has 32 heteroatoms. The van der Waals surface area contributed by atoms with E-state index in [9.17, 15) is 25.2 Å². The van der Waals surface area contributed by atoms with Gasteiger partial charge < -0.3 is 4.74 Å². The molecule has 49 heavy (non-hydrogen) atoms. The monoisotopic (exact) mass is 855 g/mol. The van der Waals surface area contributed by atoms with Crippen LogP contribution in [0.25, 0.3) is 0 Å². The van der Waals surface area contributed by atoms with E-state index >= 15 is 0 Å². The summed E-state index contributed by atoms with van der Waals surface area (Å²) in [6, 6.07) is 8.38. The van der Waals surface area contributed by atoms with Gasteiger partial charge in [0, 0.05) is 18.7 Å². The number of hydrogen-bond acceptors (Lipinski definition) is 8. The molecular weight excluding hydrogens is 822 g/mol.